The Morgan fingerprint density at radius 1 is 1.32 bits per heavy atom. The van der Waals surface area contributed by atoms with Crippen LogP contribution in [0.3, 0.4) is 0 Å². The van der Waals surface area contributed by atoms with Gasteiger partial charge in [0.2, 0.25) is 0 Å². The van der Waals surface area contributed by atoms with Gasteiger partial charge in [-0.2, -0.15) is 0 Å². The molecule has 1 aromatic heterocycles. The molecular weight excluding hydrogens is 282 g/mol. The number of fused-ring (bicyclic) bond motifs is 1. The van der Waals surface area contributed by atoms with Crippen molar-refractivity contribution in [3.05, 3.63) is 29.6 Å². The molecule has 1 aromatic carbocycles. The first-order valence-corrected chi connectivity index (χ1v) is 7.42. The van der Waals surface area contributed by atoms with Crippen LogP contribution in [0.5, 0.6) is 0 Å². The lowest BCUT2D eigenvalue weighted by molar-refractivity contribution is 0.0936. The minimum absolute atomic E-state index is 0.245. The summed E-state index contributed by atoms with van der Waals surface area (Å²) < 4.78 is 2.08. The number of nitrogens with one attached hydrogen (secondary N) is 3. The highest BCUT2D eigenvalue weighted by Crippen LogP contribution is 2.18. The van der Waals surface area contributed by atoms with E-state index in [0.29, 0.717) is 5.56 Å². The molecule has 1 heterocycles. The molecular formula is C15H19N5O2. The second-order valence-electron chi connectivity index (χ2n) is 5.43. The largest absolute Gasteiger partial charge is 0.334 e. The third-order valence-corrected chi connectivity index (χ3v) is 3.72. The van der Waals surface area contributed by atoms with Crippen molar-refractivity contribution in [1.29, 1.82) is 0 Å². The molecule has 1 aliphatic rings. The van der Waals surface area contributed by atoms with Gasteiger partial charge in [0, 0.05) is 18.2 Å². The summed E-state index contributed by atoms with van der Waals surface area (Å²) in [5, 5.41) is 2.73. The minimum atomic E-state index is -0.386. The summed E-state index contributed by atoms with van der Waals surface area (Å²) in [6.07, 6.45) is 1.99. The molecule has 1 saturated carbocycles. The molecule has 0 radical (unpaired) electrons. The number of aryl methyl sites for hydroxylation is 2. The van der Waals surface area contributed by atoms with E-state index < -0.39 is 0 Å². The van der Waals surface area contributed by atoms with Crippen molar-refractivity contribution in [1.82, 2.24) is 25.7 Å². The summed E-state index contributed by atoms with van der Waals surface area (Å²) in [5.74, 6) is 0.550. The normalized spacial score (nSPS) is 13.9. The molecule has 116 valence electrons. The van der Waals surface area contributed by atoms with Crippen LogP contribution in [-0.2, 0) is 6.54 Å². The Kier molecular flexibility index (Phi) is 3.70. The lowest BCUT2D eigenvalue weighted by Gasteiger charge is -2.08. The Hall–Kier alpha value is -2.57. The van der Waals surface area contributed by atoms with E-state index in [0.717, 1.165) is 36.2 Å². The van der Waals surface area contributed by atoms with E-state index in [4.69, 9.17) is 0 Å². The first kappa shape index (κ1) is 14.4. The molecule has 0 spiro atoms. The predicted octanol–water partition coefficient (Wildman–Crippen LogP) is 1.47. The number of hydrazine groups is 1. The fourth-order valence-corrected chi connectivity index (χ4v) is 2.43. The lowest BCUT2D eigenvalue weighted by atomic mass is 10.2. The standard InChI is InChI=1S/C15H19N5O2/c1-3-20-9(2)16-12-8-10(4-7-13(12)20)14(21)18-19-15(22)17-11-5-6-11/h4,7-8,11H,3,5-6H2,1-2H3,(H,18,21)(H2,17,19,22). The van der Waals surface area contributed by atoms with Gasteiger partial charge in [-0.25, -0.2) is 15.2 Å². The number of aromatic nitrogens is 2. The van der Waals surface area contributed by atoms with E-state index >= 15 is 0 Å². The number of carbonyl (C=O) groups is 2. The Bertz CT molecular complexity index is 733. The maximum atomic E-state index is 12.1. The van der Waals surface area contributed by atoms with Gasteiger partial charge in [-0.05, 0) is 44.9 Å². The lowest BCUT2D eigenvalue weighted by Crippen LogP contribution is -2.47. The summed E-state index contributed by atoms with van der Waals surface area (Å²) in [5.41, 5.74) is 6.98. The van der Waals surface area contributed by atoms with Crippen molar-refractivity contribution in [2.75, 3.05) is 0 Å². The molecule has 2 aromatic rings. The Labute approximate surface area is 128 Å². The molecule has 22 heavy (non-hydrogen) atoms. The molecule has 1 aliphatic carbocycles. The van der Waals surface area contributed by atoms with Crippen molar-refractivity contribution >= 4 is 23.0 Å². The average Bonchev–Trinajstić information content (AvgIpc) is 3.24. The monoisotopic (exact) mass is 301 g/mol. The molecule has 3 N–H and O–H groups in total. The maximum Gasteiger partial charge on any atom is 0.333 e. The summed E-state index contributed by atoms with van der Waals surface area (Å²) in [6.45, 7) is 4.82. The second kappa shape index (κ2) is 5.67. The first-order chi connectivity index (χ1) is 10.6. The van der Waals surface area contributed by atoms with Crippen LogP contribution in [0.15, 0.2) is 18.2 Å². The number of rotatable bonds is 3. The van der Waals surface area contributed by atoms with Crippen LogP contribution < -0.4 is 16.2 Å². The zero-order valence-corrected chi connectivity index (χ0v) is 12.6. The van der Waals surface area contributed by atoms with E-state index in [-0.39, 0.29) is 18.0 Å². The Balaban J connectivity index is 1.69. The van der Waals surface area contributed by atoms with Gasteiger partial charge >= 0.3 is 6.03 Å². The van der Waals surface area contributed by atoms with Crippen LogP contribution in [0.4, 0.5) is 4.79 Å². The van der Waals surface area contributed by atoms with Gasteiger partial charge in [0.25, 0.3) is 5.91 Å². The van der Waals surface area contributed by atoms with Crippen molar-refractivity contribution in [2.24, 2.45) is 0 Å². The Morgan fingerprint density at radius 2 is 2.09 bits per heavy atom. The topological polar surface area (TPSA) is 88.1 Å². The molecule has 0 bridgehead atoms. The van der Waals surface area contributed by atoms with Crippen molar-refractivity contribution < 1.29 is 9.59 Å². The van der Waals surface area contributed by atoms with E-state index in [1.54, 1.807) is 12.1 Å². The summed E-state index contributed by atoms with van der Waals surface area (Å²) in [6, 6.07) is 5.19. The highest BCUT2D eigenvalue weighted by atomic mass is 16.2. The molecule has 3 rings (SSSR count). The smallest absolute Gasteiger partial charge is 0.333 e. The van der Waals surface area contributed by atoms with E-state index in [1.807, 2.05) is 13.0 Å². The number of benzene rings is 1. The number of hydrogen-bond acceptors (Lipinski definition) is 3. The van der Waals surface area contributed by atoms with Gasteiger partial charge in [-0.1, -0.05) is 0 Å². The molecule has 3 amide bonds. The highest BCUT2D eigenvalue weighted by Gasteiger charge is 2.23. The van der Waals surface area contributed by atoms with Crippen LogP contribution >= 0.6 is 0 Å². The van der Waals surface area contributed by atoms with E-state index in [2.05, 4.69) is 32.6 Å². The molecule has 7 heteroatoms. The van der Waals surface area contributed by atoms with Crippen LogP contribution in [0.1, 0.15) is 35.9 Å². The molecule has 0 aliphatic heterocycles. The molecule has 7 nitrogen and oxygen atoms in total. The summed E-state index contributed by atoms with van der Waals surface area (Å²) >= 11 is 0. The molecule has 0 saturated heterocycles. The number of hydrogen-bond donors (Lipinski definition) is 3. The van der Waals surface area contributed by atoms with Crippen molar-refractivity contribution in [2.45, 2.75) is 39.3 Å². The van der Waals surface area contributed by atoms with Crippen molar-refractivity contribution in [3.8, 4) is 0 Å². The van der Waals surface area contributed by atoms with Gasteiger partial charge in [-0.15, -0.1) is 0 Å². The summed E-state index contributed by atoms with van der Waals surface area (Å²) in [4.78, 5) is 28.0. The van der Waals surface area contributed by atoms with Gasteiger partial charge < -0.3 is 9.88 Å². The molecule has 1 fully saturated rings. The van der Waals surface area contributed by atoms with Crippen LogP contribution in [0.2, 0.25) is 0 Å². The van der Waals surface area contributed by atoms with Crippen LogP contribution in [0.25, 0.3) is 11.0 Å². The third kappa shape index (κ3) is 2.88. The highest BCUT2D eigenvalue weighted by molar-refractivity contribution is 5.98. The fraction of sp³-hybridized carbons (Fsp3) is 0.400. The van der Waals surface area contributed by atoms with Crippen molar-refractivity contribution in [3.63, 3.8) is 0 Å². The first-order valence-electron chi connectivity index (χ1n) is 7.42. The quantitative estimate of drug-likeness (QED) is 0.750. The predicted molar refractivity (Wildman–Crippen MR) is 82.3 cm³/mol. The SMILES string of the molecule is CCn1c(C)nc2cc(C(=O)NNC(=O)NC3CC3)ccc21. The van der Waals surface area contributed by atoms with E-state index in [1.165, 1.54) is 0 Å². The molecule has 0 unspecified atom stereocenters. The zero-order chi connectivity index (χ0) is 15.7. The van der Waals surface area contributed by atoms with Gasteiger partial charge in [0.15, 0.2) is 0 Å². The number of amides is 3. The number of imidazole rings is 1. The summed E-state index contributed by atoms with van der Waals surface area (Å²) in [7, 11) is 0. The van der Waals surface area contributed by atoms with E-state index in [9.17, 15) is 9.59 Å². The number of urea groups is 1. The minimum Gasteiger partial charge on any atom is -0.334 e. The fourth-order valence-electron chi connectivity index (χ4n) is 2.43. The second-order valence-corrected chi connectivity index (χ2v) is 5.43. The average molecular weight is 301 g/mol. The van der Waals surface area contributed by atoms with Gasteiger partial charge in [-0.3, -0.25) is 10.2 Å². The third-order valence-electron chi connectivity index (χ3n) is 3.72. The van der Waals surface area contributed by atoms with Crippen LogP contribution in [0, 0.1) is 6.92 Å². The van der Waals surface area contributed by atoms with Gasteiger partial charge in [0.1, 0.15) is 5.82 Å². The Morgan fingerprint density at radius 3 is 2.77 bits per heavy atom. The zero-order valence-electron chi connectivity index (χ0n) is 12.6. The maximum absolute atomic E-state index is 12.1. The molecule has 0 atom stereocenters. The van der Waals surface area contributed by atoms with Crippen LogP contribution in [-0.4, -0.2) is 27.5 Å². The number of carbonyl (C=O) groups excluding carboxylic acids is 2. The number of nitrogens with zero attached hydrogens (tertiary/aromatic N) is 2. The van der Waals surface area contributed by atoms with Gasteiger partial charge in [0.05, 0.1) is 11.0 Å².